The number of hydrogen-bond acceptors (Lipinski definition) is 13. The van der Waals surface area contributed by atoms with Gasteiger partial charge in [-0.25, -0.2) is 18.2 Å². The Labute approximate surface area is 325 Å². The Morgan fingerprint density at radius 3 is 2.31 bits per heavy atom. The number of piperidine rings is 1. The first-order valence-electron chi connectivity index (χ1n) is 18.1. The zero-order valence-electron chi connectivity index (χ0n) is 31.8. The smallest absolute Gasteiger partial charge is 0.410 e. The van der Waals surface area contributed by atoms with Gasteiger partial charge in [0.25, 0.3) is 0 Å². The molecule has 2 fully saturated rings. The lowest BCUT2D eigenvalue weighted by atomic mass is 9.96. The molecule has 2 aromatic carbocycles. The fourth-order valence-electron chi connectivity index (χ4n) is 6.85. The number of anilines is 6. The first-order valence-corrected chi connectivity index (χ1v) is 20.7. The molecular weight excluding hydrogens is 776 g/mol. The number of benzene rings is 2. The van der Waals surface area contributed by atoms with Crippen LogP contribution in [0.5, 0.6) is 5.75 Å². The molecule has 0 aliphatic carbocycles. The Kier molecular flexibility index (Phi) is 11.7. The van der Waals surface area contributed by atoms with Gasteiger partial charge in [0.2, 0.25) is 16.0 Å². The highest BCUT2D eigenvalue weighted by Crippen LogP contribution is 2.40. The summed E-state index contributed by atoms with van der Waals surface area (Å²) in [5, 5.41) is 6.59. The molecule has 2 aliphatic heterocycles. The van der Waals surface area contributed by atoms with Crippen molar-refractivity contribution in [3.63, 3.8) is 0 Å². The molecule has 3 N–H and O–H groups in total. The van der Waals surface area contributed by atoms with Crippen LogP contribution in [0.2, 0.25) is 0 Å². The molecule has 0 saturated carbocycles. The molecule has 0 bridgehead atoms. The molecule has 2 aliphatic rings. The van der Waals surface area contributed by atoms with Crippen LogP contribution in [0, 0.1) is 0 Å². The van der Waals surface area contributed by atoms with Gasteiger partial charge in [0.15, 0.2) is 0 Å². The third-order valence-corrected chi connectivity index (χ3v) is 10.6. The quantitative estimate of drug-likeness (QED) is 0.155. The normalized spacial score (nSPS) is 16.1. The SMILES string of the molecule is COc1cc(N2CCC(N3CCN(C(=O)OC(C)(C)C)CC3)CC2)c(C(C)C)cc1Nc1ncc(Br)c(Nc2ccc3nccnc3c2NS(C)(=O)=O)n1. The summed E-state index contributed by atoms with van der Waals surface area (Å²) in [5.41, 5.74) is 4.16. The minimum Gasteiger partial charge on any atom is -0.494 e. The van der Waals surface area contributed by atoms with Crippen LogP contribution in [0.1, 0.15) is 58.9 Å². The number of aromatic nitrogens is 4. The second-order valence-electron chi connectivity index (χ2n) is 14.9. The number of fused-ring (bicyclic) bond motifs is 1. The van der Waals surface area contributed by atoms with E-state index >= 15 is 0 Å². The average molecular weight is 826 g/mol. The van der Waals surface area contributed by atoms with Crippen molar-refractivity contribution in [2.75, 3.05) is 72.9 Å². The topological polar surface area (TPSA) is 167 Å². The number of carbonyl (C=O) groups is 1. The van der Waals surface area contributed by atoms with Gasteiger partial charge in [0.1, 0.15) is 22.7 Å². The Morgan fingerprint density at radius 2 is 1.67 bits per heavy atom. The van der Waals surface area contributed by atoms with Crippen molar-refractivity contribution in [3.05, 3.63) is 52.9 Å². The predicted molar refractivity (Wildman–Crippen MR) is 216 cm³/mol. The molecule has 6 rings (SSSR count). The first kappa shape index (κ1) is 39.2. The van der Waals surface area contributed by atoms with Crippen LogP contribution in [-0.4, -0.2) is 109 Å². The van der Waals surface area contributed by atoms with Gasteiger partial charge in [-0.05, 0) is 79.2 Å². The van der Waals surface area contributed by atoms with E-state index in [1.165, 1.54) is 11.8 Å². The lowest BCUT2D eigenvalue weighted by Gasteiger charge is -2.43. The summed E-state index contributed by atoms with van der Waals surface area (Å²) in [6.07, 6.45) is 7.58. The van der Waals surface area contributed by atoms with Crippen LogP contribution in [0.25, 0.3) is 11.0 Å². The third-order valence-electron chi connectivity index (χ3n) is 9.43. The highest BCUT2D eigenvalue weighted by Gasteiger charge is 2.32. The number of rotatable bonds is 10. The highest BCUT2D eigenvalue weighted by atomic mass is 79.9. The number of sulfonamides is 1. The number of nitrogens with zero attached hydrogens (tertiary/aromatic N) is 7. The first-order chi connectivity index (χ1) is 25.6. The van der Waals surface area contributed by atoms with Gasteiger partial charge >= 0.3 is 6.09 Å². The van der Waals surface area contributed by atoms with Gasteiger partial charge in [-0.1, -0.05) is 13.8 Å². The summed E-state index contributed by atoms with van der Waals surface area (Å²) in [6.45, 7) is 14.9. The molecule has 17 heteroatoms. The molecule has 0 radical (unpaired) electrons. The van der Waals surface area contributed by atoms with E-state index in [-0.39, 0.29) is 17.7 Å². The number of amides is 1. The molecule has 1 amide bonds. The molecule has 54 heavy (non-hydrogen) atoms. The molecule has 4 heterocycles. The number of methoxy groups -OCH3 is 1. The molecule has 0 spiro atoms. The van der Waals surface area contributed by atoms with Crippen molar-refractivity contribution in [2.24, 2.45) is 0 Å². The van der Waals surface area contributed by atoms with E-state index in [1.807, 2.05) is 25.7 Å². The average Bonchev–Trinajstić information content (AvgIpc) is 3.12. The summed E-state index contributed by atoms with van der Waals surface area (Å²) in [5.74, 6) is 1.60. The van der Waals surface area contributed by atoms with Crippen molar-refractivity contribution >= 4 is 77.6 Å². The highest BCUT2D eigenvalue weighted by molar-refractivity contribution is 9.10. The van der Waals surface area contributed by atoms with Crippen LogP contribution in [0.3, 0.4) is 0 Å². The molecule has 0 unspecified atom stereocenters. The molecule has 290 valence electrons. The Balaban J connectivity index is 1.17. The molecule has 2 aromatic heterocycles. The van der Waals surface area contributed by atoms with Gasteiger partial charge in [-0.2, -0.15) is 4.98 Å². The fourth-order valence-corrected chi connectivity index (χ4v) is 7.72. The van der Waals surface area contributed by atoms with E-state index in [2.05, 4.69) is 82.0 Å². The molecular formula is C37H49BrN10O5S. The summed E-state index contributed by atoms with van der Waals surface area (Å²) in [7, 11) is -1.99. The largest absolute Gasteiger partial charge is 0.494 e. The van der Waals surface area contributed by atoms with E-state index < -0.39 is 15.6 Å². The van der Waals surface area contributed by atoms with Crippen LogP contribution >= 0.6 is 15.9 Å². The summed E-state index contributed by atoms with van der Waals surface area (Å²) in [6, 6.07) is 8.14. The fraction of sp³-hybridized carbons (Fsp3) is 0.486. The van der Waals surface area contributed by atoms with Crippen molar-refractivity contribution < 1.29 is 22.7 Å². The second-order valence-corrected chi connectivity index (χ2v) is 17.5. The Morgan fingerprint density at radius 1 is 0.963 bits per heavy atom. The third kappa shape index (κ3) is 9.41. The van der Waals surface area contributed by atoms with Gasteiger partial charge in [0, 0.05) is 75.7 Å². The number of carbonyl (C=O) groups excluding carboxylic acids is 1. The maximum absolute atomic E-state index is 12.6. The lowest BCUT2D eigenvalue weighted by Crippen LogP contribution is -2.55. The van der Waals surface area contributed by atoms with Crippen molar-refractivity contribution in [1.82, 2.24) is 29.7 Å². The van der Waals surface area contributed by atoms with E-state index in [1.54, 1.807) is 31.6 Å². The Hall–Kier alpha value is -4.48. The van der Waals surface area contributed by atoms with Gasteiger partial charge in [-0.15, -0.1) is 0 Å². The summed E-state index contributed by atoms with van der Waals surface area (Å²) < 4.78 is 39.3. The molecule has 2 saturated heterocycles. The van der Waals surface area contributed by atoms with Gasteiger partial charge in [-0.3, -0.25) is 19.6 Å². The van der Waals surface area contributed by atoms with E-state index in [9.17, 15) is 13.2 Å². The van der Waals surface area contributed by atoms with Crippen molar-refractivity contribution in [3.8, 4) is 5.75 Å². The molecule has 0 atom stereocenters. The maximum atomic E-state index is 12.6. The van der Waals surface area contributed by atoms with Crippen LogP contribution in [-0.2, 0) is 14.8 Å². The zero-order valence-corrected chi connectivity index (χ0v) is 34.2. The monoisotopic (exact) mass is 824 g/mol. The lowest BCUT2D eigenvalue weighted by molar-refractivity contribution is 0.00901. The van der Waals surface area contributed by atoms with Crippen LogP contribution in [0.4, 0.5) is 39.3 Å². The van der Waals surface area contributed by atoms with Crippen LogP contribution < -0.4 is 25.0 Å². The molecule has 15 nitrogen and oxygen atoms in total. The minimum atomic E-state index is -3.64. The Bertz CT molecular complexity index is 2100. The van der Waals surface area contributed by atoms with Gasteiger partial charge in [0.05, 0.1) is 40.4 Å². The van der Waals surface area contributed by atoms with E-state index in [0.717, 1.165) is 56.7 Å². The molecule has 4 aromatic rings. The van der Waals surface area contributed by atoms with E-state index in [4.69, 9.17) is 14.5 Å². The van der Waals surface area contributed by atoms with Gasteiger partial charge < -0.3 is 29.9 Å². The van der Waals surface area contributed by atoms with Crippen LogP contribution in [0.15, 0.2) is 47.3 Å². The number of piperazine rings is 1. The standard InChI is InChI=1S/C37H49BrN10O5S/c1-23(2)25-20-29(31(52-6)21-30(25)47-14-10-24(11-15-47)46-16-18-48(19-17-46)36(49)53-37(3,4)5)43-35-41-22-26(38)34(44-35)42-28-9-8-27-32(40-13-12-39-27)33(28)45-54(7,50)51/h8-9,12-13,20-24,45H,10-11,14-19H2,1-7H3,(H2,41,42,43,44). The maximum Gasteiger partial charge on any atom is 0.410 e. The number of nitrogens with one attached hydrogen (secondary N) is 3. The van der Waals surface area contributed by atoms with Crippen molar-refractivity contribution in [1.29, 1.82) is 0 Å². The number of ether oxygens (including phenoxy) is 2. The number of halogens is 1. The predicted octanol–water partition coefficient (Wildman–Crippen LogP) is 6.69. The summed E-state index contributed by atoms with van der Waals surface area (Å²) in [4.78, 5) is 37.3. The van der Waals surface area contributed by atoms with E-state index in [0.29, 0.717) is 57.8 Å². The number of hydrogen-bond donors (Lipinski definition) is 3. The zero-order chi connectivity index (χ0) is 38.8. The van der Waals surface area contributed by atoms with Crippen molar-refractivity contribution in [2.45, 2.75) is 65.0 Å². The minimum absolute atomic E-state index is 0.227. The summed E-state index contributed by atoms with van der Waals surface area (Å²) >= 11 is 3.53. The second kappa shape index (κ2) is 16.1.